The molecule has 5 nitrogen and oxygen atoms in total. The number of benzene rings is 2. The van der Waals surface area contributed by atoms with E-state index in [0.29, 0.717) is 5.02 Å². The molecule has 2 amide bonds. The van der Waals surface area contributed by atoms with Gasteiger partial charge in [0.25, 0.3) is 0 Å². The minimum Gasteiger partial charge on any atom is -0.369 e. The maximum absolute atomic E-state index is 12.7. The summed E-state index contributed by atoms with van der Waals surface area (Å²) in [6, 6.07) is 13.7. The number of hydrogen-bond acceptors (Lipinski definition) is 3. The third-order valence-electron chi connectivity index (χ3n) is 5.57. The molecular weight excluding hydrogens is 372 g/mol. The maximum atomic E-state index is 12.7. The van der Waals surface area contributed by atoms with Gasteiger partial charge in [0.1, 0.15) is 0 Å². The summed E-state index contributed by atoms with van der Waals surface area (Å²) >= 11 is 5.96. The van der Waals surface area contributed by atoms with Crippen LogP contribution in [-0.2, 0) is 0 Å². The van der Waals surface area contributed by atoms with Crippen LogP contribution in [0.15, 0.2) is 42.5 Å². The highest BCUT2D eigenvalue weighted by Gasteiger charge is 2.19. The van der Waals surface area contributed by atoms with E-state index in [4.69, 9.17) is 11.6 Å². The molecule has 6 heteroatoms. The highest BCUT2D eigenvalue weighted by atomic mass is 35.5. The zero-order chi connectivity index (χ0) is 20.3. The van der Waals surface area contributed by atoms with Crippen LogP contribution >= 0.6 is 11.6 Å². The van der Waals surface area contributed by atoms with E-state index in [9.17, 15) is 4.79 Å². The molecule has 28 heavy (non-hydrogen) atoms. The van der Waals surface area contributed by atoms with Gasteiger partial charge in [-0.3, -0.25) is 0 Å². The molecule has 0 aromatic heterocycles. The molecule has 0 spiro atoms. The Hall–Kier alpha value is -2.24. The van der Waals surface area contributed by atoms with E-state index in [1.54, 1.807) is 4.90 Å². The Morgan fingerprint density at radius 3 is 2.36 bits per heavy atom. The van der Waals surface area contributed by atoms with Crippen molar-refractivity contribution in [3.8, 4) is 0 Å². The molecular formula is C22H29ClN4O. The Balaban J connectivity index is 1.65. The molecule has 1 aliphatic heterocycles. The first-order valence-corrected chi connectivity index (χ1v) is 10.1. The van der Waals surface area contributed by atoms with E-state index in [-0.39, 0.29) is 12.1 Å². The number of piperazine rings is 1. The van der Waals surface area contributed by atoms with Gasteiger partial charge in [0, 0.05) is 49.6 Å². The standard InChI is InChI=1S/C22H29ClN4O/c1-16-15-20(27-13-11-25(3)12-14-27)9-10-21(16)24-22(28)26(4)17(2)18-5-7-19(23)8-6-18/h5-10,15,17H,11-14H2,1-4H3,(H,24,28)/t17-/m0/s1. The number of aryl methyl sites for hydroxylation is 1. The Bertz CT molecular complexity index is 816. The molecule has 0 saturated carbocycles. The van der Waals surface area contributed by atoms with Crippen molar-refractivity contribution in [2.45, 2.75) is 19.9 Å². The molecule has 150 valence electrons. The van der Waals surface area contributed by atoms with Gasteiger partial charge in [0.2, 0.25) is 0 Å². The summed E-state index contributed by atoms with van der Waals surface area (Å²) < 4.78 is 0. The molecule has 0 aliphatic carbocycles. The summed E-state index contributed by atoms with van der Waals surface area (Å²) in [5.74, 6) is 0. The first kappa shape index (κ1) is 20.5. The molecule has 1 fully saturated rings. The Morgan fingerprint density at radius 1 is 1.11 bits per heavy atom. The molecule has 3 rings (SSSR count). The predicted molar refractivity (Wildman–Crippen MR) is 118 cm³/mol. The van der Waals surface area contributed by atoms with Gasteiger partial charge in [0.15, 0.2) is 0 Å². The second kappa shape index (κ2) is 8.84. The number of likely N-dealkylation sites (N-methyl/N-ethyl adjacent to an activating group) is 1. The zero-order valence-corrected chi connectivity index (χ0v) is 17.8. The Morgan fingerprint density at radius 2 is 1.75 bits per heavy atom. The number of anilines is 2. The summed E-state index contributed by atoms with van der Waals surface area (Å²) in [5.41, 5.74) is 4.17. The largest absolute Gasteiger partial charge is 0.369 e. The zero-order valence-electron chi connectivity index (χ0n) is 17.1. The number of nitrogens with zero attached hydrogens (tertiary/aromatic N) is 3. The number of carbonyl (C=O) groups is 1. The van der Waals surface area contributed by atoms with E-state index >= 15 is 0 Å². The van der Waals surface area contributed by atoms with Gasteiger partial charge in [-0.15, -0.1) is 0 Å². The lowest BCUT2D eigenvalue weighted by atomic mass is 10.1. The van der Waals surface area contributed by atoms with Crippen molar-refractivity contribution in [3.05, 3.63) is 58.6 Å². The first-order valence-electron chi connectivity index (χ1n) is 9.68. The van der Waals surface area contributed by atoms with Gasteiger partial charge in [0.05, 0.1) is 6.04 Å². The average molecular weight is 401 g/mol. The molecule has 1 heterocycles. The number of carbonyl (C=O) groups excluding carboxylic acids is 1. The van der Waals surface area contributed by atoms with Gasteiger partial charge >= 0.3 is 6.03 Å². The molecule has 0 unspecified atom stereocenters. The summed E-state index contributed by atoms with van der Waals surface area (Å²) in [6.07, 6.45) is 0. The number of nitrogens with one attached hydrogen (secondary N) is 1. The minimum atomic E-state index is -0.127. The van der Waals surface area contributed by atoms with E-state index in [1.165, 1.54) is 5.69 Å². The van der Waals surface area contributed by atoms with Gasteiger partial charge in [-0.25, -0.2) is 4.79 Å². The van der Waals surface area contributed by atoms with Crippen LogP contribution in [0.3, 0.4) is 0 Å². The van der Waals surface area contributed by atoms with E-state index in [2.05, 4.69) is 34.3 Å². The van der Waals surface area contributed by atoms with Gasteiger partial charge in [-0.2, -0.15) is 0 Å². The van der Waals surface area contributed by atoms with Gasteiger partial charge in [-0.05, 0) is 62.4 Å². The number of rotatable bonds is 4. The number of amides is 2. The van der Waals surface area contributed by atoms with Crippen LogP contribution in [0, 0.1) is 6.92 Å². The lowest BCUT2D eigenvalue weighted by Gasteiger charge is -2.34. The molecule has 2 aromatic rings. The van der Waals surface area contributed by atoms with Crippen molar-refractivity contribution in [2.75, 3.05) is 50.5 Å². The van der Waals surface area contributed by atoms with Crippen LogP contribution in [0.1, 0.15) is 24.1 Å². The van der Waals surface area contributed by atoms with Crippen molar-refractivity contribution in [1.82, 2.24) is 9.80 Å². The van der Waals surface area contributed by atoms with Crippen LogP contribution < -0.4 is 10.2 Å². The summed E-state index contributed by atoms with van der Waals surface area (Å²) in [5, 5.41) is 3.74. The Labute approximate surface area is 172 Å². The summed E-state index contributed by atoms with van der Waals surface area (Å²) in [6.45, 7) is 8.26. The second-order valence-corrected chi connectivity index (χ2v) is 7.99. The highest BCUT2D eigenvalue weighted by molar-refractivity contribution is 6.30. The summed E-state index contributed by atoms with van der Waals surface area (Å²) in [4.78, 5) is 19.2. The first-order chi connectivity index (χ1) is 13.3. The van der Waals surface area contributed by atoms with E-state index in [0.717, 1.165) is 43.0 Å². The number of hydrogen-bond donors (Lipinski definition) is 1. The van der Waals surface area contributed by atoms with E-state index in [1.807, 2.05) is 51.2 Å². The summed E-state index contributed by atoms with van der Waals surface area (Å²) in [7, 11) is 3.96. The van der Waals surface area contributed by atoms with Crippen LogP contribution in [0.25, 0.3) is 0 Å². The van der Waals surface area contributed by atoms with Crippen LogP contribution in [0.4, 0.5) is 16.2 Å². The fourth-order valence-electron chi connectivity index (χ4n) is 3.39. The Kier molecular flexibility index (Phi) is 6.47. The predicted octanol–water partition coefficient (Wildman–Crippen LogP) is 4.63. The van der Waals surface area contributed by atoms with Crippen molar-refractivity contribution in [3.63, 3.8) is 0 Å². The highest BCUT2D eigenvalue weighted by Crippen LogP contribution is 2.25. The van der Waals surface area contributed by atoms with Crippen molar-refractivity contribution >= 4 is 29.0 Å². The van der Waals surface area contributed by atoms with Crippen LogP contribution in [0.2, 0.25) is 5.02 Å². The second-order valence-electron chi connectivity index (χ2n) is 7.56. The molecule has 1 atom stereocenters. The monoisotopic (exact) mass is 400 g/mol. The lowest BCUT2D eigenvalue weighted by Crippen LogP contribution is -2.44. The molecule has 2 aromatic carbocycles. The molecule has 1 saturated heterocycles. The van der Waals surface area contributed by atoms with Crippen molar-refractivity contribution in [2.24, 2.45) is 0 Å². The molecule has 0 radical (unpaired) electrons. The average Bonchev–Trinajstić information content (AvgIpc) is 2.69. The third-order valence-corrected chi connectivity index (χ3v) is 5.83. The lowest BCUT2D eigenvalue weighted by molar-refractivity contribution is 0.208. The maximum Gasteiger partial charge on any atom is 0.322 e. The molecule has 0 bridgehead atoms. The fourth-order valence-corrected chi connectivity index (χ4v) is 3.52. The van der Waals surface area contributed by atoms with E-state index < -0.39 is 0 Å². The molecule has 1 aliphatic rings. The normalized spacial score (nSPS) is 16.0. The van der Waals surface area contributed by atoms with Crippen molar-refractivity contribution in [1.29, 1.82) is 0 Å². The molecule has 1 N–H and O–H groups in total. The third kappa shape index (κ3) is 4.78. The minimum absolute atomic E-state index is 0.0535. The quantitative estimate of drug-likeness (QED) is 0.813. The van der Waals surface area contributed by atoms with Crippen LogP contribution in [0.5, 0.6) is 0 Å². The van der Waals surface area contributed by atoms with Gasteiger partial charge in [-0.1, -0.05) is 23.7 Å². The number of halogens is 1. The topological polar surface area (TPSA) is 38.8 Å². The van der Waals surface area contributed by atoms with Crippen molar-refractivity contribution < 1.29 is 4.79 Å². The number of urea groups is 1. The van der Waals surface area contributed by atoms with Crippen LogP contribution in [-0.4, -0.2) is 56.1 Å². The smallest absolute Gasteiger partial charge is 0.322 e. The SMILES string of the molecule is Cc1cc(N2CCN(C)CC2)ccc1NC(=O)N(C)[C@@H](C)c1ccc(Cl)cc1. The van der Waals surface area contributed by atoms with Gasteiger partial charge < -0.3 is 20.0 Å². The fraction of sp³-hybridized carbons (Fsp3) is 0.409.